The van der Waals surface area contributed by atoms with Gasteiger partial charge < -0.3 is 14.8 Å². The van der Waals surface area contributed by atoms with Gasteiger partial charge in [0.25, 0.3) is 5.91 Å². The highest BCUT2D eigenvalue weighted by atomic mass is 16.5. The van der Waals surface area contributed by atoms with E-state index >= 15 is 0 Å². The van der Waals surface area contributed by atoms with Gasteiger partial charge in [-0.3, -0.25) is 4.79 Å². The van der Waals surface area contributed by atoms with Crippen molar-refractivity contribution in [3.05, 3.63) is 53.6 Å². The van der Waals surface area contributed by atoms with Crippen LogP contribution in [0.2, 0.25) is 0 Å². The molecule has 2 rings (SSSR count). The Balaban J connectivity index is 1.87. The summed E-state index contributed by atoms with van der Waals surface area (Å²) in [5.74, 6) is 1.07. The molecule has 2 N–H and O–H groups in total. The molecule has 0 spiro atoms. The number of carbonyl (C=O) groups is 1. The second-order valence-electron chi connectivity index (χ2n) is 5.30. The van der Waals surface area contributed by atoms with Crippen LogP contribution in [0.3, 0.4) is 0 Å². The number of methoxy groups -OCH3 is 1. The Bertz CT molecular complexity index is 744. The maximum Gasteiger partial charge on any atom is 0.259 e. The second kappa shape index (κ2) is 9.32. The highest BCUT2D eigenvalue weighted by Gasteiger charge is 2.04. The first-order chi connectivity index (χ1) is 12.1. The lowest BCUT2D eigenvalue weighted by molar-refractivity contribution is -0.119. The molecule has 0 unspecified atom stereocenters. The van der Waals surface area contributed by atoms with Crippen molar-refractivity contribution in [1.29, 1.82) is 0 Å². The molecule has 2 aromatic carbocycles. The number of hydrogen-bond acceptors (Lipinski definition) is 5. The molecule has 0 fully saturated rings. The largest absolute Gasteiger partial charge is 0.493 e. The Labute approximate surface area is 147 Å². The van der Waals surface area contributed by atoms with Crippen LogP contribution in [0.5, 0.6) is 11.5 Å². The number of ether oxygens (including phenoxy) is 2. The first-order valence-corrected chi connectivity index (χ1v) is 8.06. The van der Waals surface area contributed by atoms with Gasteiger partial charge in [-0.05, 0) is 49.2 Å². The van der Waals surface area contributed by atoms with Crippen molar-refractivity contribution in [2.24, 2.45) is 5.10 Å². The molecule has 2 aromatic rings. The first kappa shape index (κ1) is 18.3. The third-order valence-corrected chi connectivity index (χ3v) is 3.47. The van der Waals surface area contributed by atoms with Gasteiger partial charge in [0.15, 0.2) is 11.5 Å². The van der Waals surface area contributed by atoms with Gasteiger partial charge >= 0.3 is 0 Å². The fourth-order valence-electron chi connectivity index (χ4n) is 2.20. The molecule has 0 aliphatic carbocycles. The van der Waals surface area contributed by atoms with Crippen molar-refractivity contribution >= 4 is 17.8 Å². The lowest BCUT2D eigenvalue weighted by Gasteiger charge is -2.09. The summed E-state index contributed by atoms with van der Waals surface area (Å²) >= 11 is 0. The fourth-order valence-corrected chi connectivity index (χ4v) is 2.20. The van der Waals surface area contributed by atoms with Gasteiger partial charge in [-0.15, -0.1) is 0 Å². The smallest absolute Gasteiger partial charge is 0.259 e. The first-order valence-electron chi connectivity index (χ1n) is 8.06. The minimum atomic E-state index is -0.225. The predicted octanol–water partition coefficient (Wildman–Crippen LogP) is 2.96. The second-order valence-corrected chi connectivity index (χ2v) is 5.30. The minimum absolute atomic E-state index is 0.148. The Morgan fingerprint density at radius 3 is 2.72 bits per heavy atom. The number of amides is 1. The van der Waals surface area contributed by atoms with Crippen LogP contribution in [0.15, 0.2) is 47.6 Å². The minimum Gasteiger partial charge on any atom is -0.493 e. The molecular formula is C19H23N3O3. The quantitative estimate of drug-likeness (QED) is 0.572. The van der Waals surface area contributed by atoms with Crippen molar-refractivity contribution < 1.29 is 14.3 Å². The van der Waals surface area contributed by atoms with Gasteiger partial charge in [0, 0.05) is 5.69 Å². The van der Waals surface area contributed by atoms with E-state index in [2.05, 4.69) is 15.8 Å². The molecule has 0 bridgehead atoms. The topological polar surface area (TPSA) is 72.0 Å². The normalized spacial score (nSPS) is 10.5. The average Bonchev–Trinajstić information content (AvgIpc) is 2.62. The molecule has 1 amide bonds. The molecule has 0 aromatic heterocycles. The van der Waals surface area contributed by atoms with Crippen LogP contribution in [0.4, 0.5) is 5.69 Å². The van der Waals surface area contributed by atoms with Gasteiger partial charge in [0.2, 0.25) is 0 Å². The van der Waals surface area contributed by atoms with Gasteiger partial charge in [0.05, 0.1) is 26.5 Å². The van der Waals surface area contributed by atoms with E-state index in [1.54, 1.807) is 19.4 Å². The van der Waals surface area contributed by atoms with E-state index in [0.717, 1.165) is 16.8 Å². The fraction of sp³-hybridized carbons (Fsp3) is 0.263. The zero-order valence-electron chi connectivity index (χ0n) is 14.7. The number of anilines is 1. The average molecular weight is 341 g/mol. The molecule has 0 saturated heterocycles. The maximum atomic E-state index is 11.8. The van der Waals surface area contributed by atoms with Gasteiger partial charge in [-0.25, -0.2) is 5.43 Å². The highest BCUT2D eigenvalue weighted by molar-refractivity contribution is 5.85. The molecule has 25 heavy (non-hydrogen) atoms. The third kappa shape index (κ3) is 5.53. The Hall–Kier alpha value is -3.02. The third-order valence-electron chi connectivity index (χ3n) is 3.47. The summed E-state index contributed by atoms with van der Waals surface area (Å²) in [5.41, 5.74) is 5.30. The van der Waals surface area contributed by atoms with E-state index in [1.165, 1.54) is 0 Å². The number of hydrogen-bond donors (Lipinski definition) is 2. The molecule has 0 radical (unpaired) electrons. The standard InChI is InChI=1S/C19H23N3O3/c1-4-25-17-10-9-15(11-18(17)24-3)12-21-22-19(23)13-20-16-8-6-5-7-14(16)2/h5-12,20H,4,13H2,1-3H3,(H,22,23). The molecule has 0 heterocycles. The van der Waals surface area contributed by atoms with Crippen molar-refractivity contribution in [3.63, 3.8) is 0 Å². The van der Waals surface area contributed by atoms with Gasteiger partial charge in [0.1, 0.15) is 0 Å². The van der Waals surface area contributed by atoms with E-state index in [0.29, 0.717) is 18.1 Å². The maximum absolute atomic E-state index is 11.8. The van der Waals surface area contributed by atoms with Crippen LogP contribution in [0, 0.1) is 6.92 Å². The zero-order chi connectivity index (χ0) is 18.1. The number of aryl methyl sites for hydroxylation is 1. The molecule has 0 atom stereocenters. The van der Waals surface area contributed by atoms with E-state index in [4.69, 9.17) is 9.47 Å². The van der Waals surface area contributed by atoms with Crippen molar-refractivity contribution in [2.45, 2.75) is 13.8 Å². The molecule has 0 aliphatic rings. The van der Waals surface area contributed by atoms with Crippen molar-refractivity contribution in [3.8, 4) is 11.5 Å². The Morgan fingerprint density at radius 1 is 1.20 bits per heavy atom. The van der Waals surface area contributed by atoms with E-state index in [9.17, 15) is 4.79 Å². The number of para-hydroxylation sites is 1. The molecule has 0 saturated carbocycles. The summed E-state index contributed by atoms with van der Waals surface area (Å²) in [6, 6.07) is 13.2. The molecule has 6 heteroatoms. The lowest BCUT2D eigenvalue weighted by Crippen LogP contribution is -2.26. The van der Waals surface area contributed by atoms with E-state index in [1.807, 2.05) is 50.2 Å². The Morgan fingerprint density at radius 2 is 2.00 bits per heavy atom. The monoisotopic (exact) mass is 341 g/mol. The van der Waals surface area contributed by atoms with Crippen LogP contribution in [-0.4, -0.2) is 32.4 Å². The van der Waals surface area contributed by atoms with Gasteiger partial charge in [-0.2, -0.15) is 5.10 Å². The molecule has 6 nitrogen and oxygen atoms in total. The molecule has 132 valence electrons. The van der Waals surface area contributed by atoms with Crippen LogP contribution in [0.1, 0.15) is 18.1 Å². The molecular weight excluding hydrogens is 318 g/mol. The Kier molecular flexibility index (Phi) is 6.83. The number of hydrazone groups is 1. The number of rotatable bonds is 8. The van der Waals surface area contributed by atoms with E-state index < -0.39 is 0 Å². The predicted molar refractivity (Wildman–Crippen MR) is 99.6 cm³/mol. The summed E-state index contributed by atoms with van der Waals surface area (Å²) in [7, 11) is 1.58. The van der Waals surface area contributed by atoms with Crippen LogP contribution >= 0.6 is 0 Å². The highest BCUT2D eigenvalue weighted by Crippen LogP contribution is 2.27. The number of nitrogens with zero attached hydrogens (tertiary/aromatic N) is 1. The summed E-state index contributed by atoms with van der Waals surface area (Å²) in [4.78, 5) is 11.8. The van der Waals surface area contributed by atoms with Crippen LogP contribution in [-0.2, 0) is 4.79 Å². The summed E-state index contributed by atoms with van der Waals surface area (Å²) < 4.78 is 10.7. The van der Waals surface area contributed by atoms with Gasteiger partial charge in [-0.1, -0.05) is 18.2 Å². The van der Waals surface area contributed by atoms with Crippen LogP contribution < -0.4 is 20.2 Å². The van der Waals surface area contributed by atoms with Crippen molar-refractivity contribution in [2.75, 3.05) is 25.6 Å². The molecule has 0 aliphatic heterocycles. The zero-order valence-corrected chi connectivity index (χ0v) is 14.7. The summed E-state index contributed by atoms with van der Waals surface area (Å²) in [6.07, 6.45) is 1.56. The number of benzene rings is 2. The number of nitrogens with one attached hydrogen (secondary N) is 2. The number of carbonyl (C=O) groups excluding carboxylic acids is 1. The van der Waals surface area contributed by atoms with Crippen LogP contribution in [0.25, 0.3) is 0 Å². The van der Waals surface area contributed by atoms with E-state index in [-0.39, 0.29) is 12.5 Å². The van der Waals surface area contributed by atoms with Crippen molar-refractivity contribution in [1.82, 2.24) is 5.43 Å². The summed E-state index contributed by atoms with van der Waals surface area (Å²) in [6.45, 7) is 4.61. The lowest BCUT2D eigenvalue weighted by atomic mass is 10.2. The summed E-state index contributed by atoms with van der Waals surface area (Å²) in [5, 5.41) is 7.05. The SMILES string of the molecule is CCOc1ccc(C=NNC(=O)CNc2ccccc2C)cc1OC.